The van der Waals surface area contributed by atoms with Crippen molar-refractivity contribution in [2.75, 3.05) is 30.9 Å². The van der Waals surface area contributed by atoms with Gasteiger partial charge in [0.15, 0.2) is 0 Å². The highest BCUT2D eigenvalue weighted by Gasteiger charge is 2.18. The molecular weight excluding hydrogens is 410 g/mol. The smallest absolute Gasteiger partial charge is 0.244 e. The number of anilines is 2. The highest BCUT2D eigenvalue weighted by Crippen LogP contribution is 2.16. The first-order valence-corrected chi connectivity index (χ1v) is 10.4. The van der Waals surface area contributed by atoms with Gasteiger partial charge >= 0.3 is 0 Å². The van der Waals surface area contributed by atoms with Crippen LogP contribution in [0.2, 0.25) is 5.02 Å². The molecule has 6 heteroatoms. The Labute approximate surface area is 188 Å². The molecule has 0 saturated carbocycles. The van der Waals surface area contributed by atoms with Gasteiger partial charge in [-0.15, -0.1) is 0 Å². The summed E-state index contributed by atoms with van der Waals surface area (Å²) in [5.41, 5.74) is 3.56. The second-order valence-electron chi connectivity index (χ2n) is 7.53. The predicted octanol–water partition coefficient (Wildman–Crippen LogP) is 4.62. The molecule has 0 aliphatic heterocycles. The Bertz CT molecular complexity index is 1000. The molecule has 0 heterocycles. The molecule has 0 aliphatic carbocycles. The van der Waals surface area contributed by atoms with E-state index in [1.54, 1.807) is 17.0 Å². The summed E-state index contributed by atoms with van der Waals surface area (Å²) in [5, 5.41) is 3.51. The SMILES string of the molecule is CN(C)c1ccc(NC(=O)CN(Cc2ccc(Cl)cc2)C(=O)Cc2ccccc2)cc1. The summed E-state index contributed by atoms with van der Waals surface area (Å²) in [4.78, 5) is 29.3. The summed E-state index contributed by atoms with van der Waals surface area (Å²) < 4.78 is 0. The van der Waals surface area contributed by atoms with Crippen LogP contribution in [-0.2, 0) is 22.6 Å². The Morgan fingerprint density at radius 2 is 1.48 bits per heavy atom. The van der Waals surface area contributed by atoms with Gasteiger partial charge in [0.2, 0.25) is 11.8 Å². The van der Waals surface area contributed by atoms with Crippen molar-refractivity contribution in [3.63, 3.8) is 0 Å². The molecule has 3 aromatic carbocycles. The number of benzene rings is 3. The van der Waals surface area contributed by atoms with Crippen LogP contribution < -0.4 is 10.2 Å². The van der Waals surface area contributed by atoms with Gasteiger partial charge in [0, 0.05) is 37.0 Å². The first-order chi connectivity index (χ1) is 14.9. The van der Waals surface area contributed by atoms with Crippen LogP contribution in [0.5, 0.6) is 0 Å². The lowest BCUT2D eigenvalue weighted by Gasteiger charge is -2.23. The third-order valence-electron chi connectivity index (χ3n) is 4.84. The monoisotopic (exact) mass is 435 g/mol. The fraction of sp³-hybridized carbons (Fsp3) is 0.200. The van der Waals surface area contributed by atoms with E-state index in [2.05, 4.69) is 5.32 Å². The number of hydrogen-bond donors (Lipinski definition) is 1. The zero-order chi connectivity index (χ0) is 22.2. The summed E-state index contributed by atoms with van der Waals surface area (Å²) in [6, 6.07) is 24.4. The molecule has 0 radical (unpaired) electrons. The fourth-order valence-electron chi connectivity index (χ4n) is 3.14. The molecule has 31 heavy (non-hydrogen) atoms. The van der Waals surface area contributed by atoms with Gasteiger partial charge < -0.3 is 15.1 Å². The Morgan fingerprint density at radius 3 is 2.10 bits per heavy atom. The minimum Gasteiger partial charge on any atom is -0.378 e. The van der Waals surface area contributed by atoms with E-state index in [0.717, 1.165) is 16.8 Å². The zero-order valence-corrected chi connectivity index (χ0v) is 18.5. The van der Waals surface area contributed by atoms with Gasteiger partial charge in [0.25, 0.3) is 0 Å². The first kappa shape index (κ1) is 22.4. The van der Waals surface area contributed by atoms with Crippen LogP contribution in [-0.4, -0.2) is 37.4 Å². The number of carbonyl (C=O) groups is 2. The Balaban J connectivity index is 1.70. The van der Waals surface area contributed by atoms with Crippen LogP contribution in [0.4, 0.5) is 11.4 Å². The van der Waals surface area contributed by atoms with Crippen molar-refractivity contribution in [1.29, 1.82) is 0 Å². The molecule has 0 aromatic heterocycles. The van der Waals surface area contributed by atoms with Gasteiger partial charge in [0.1, 0.15) is 6.54 Å². The summed E-state index contributed by atoms with van der Waals surface area (Å²) in [5.74, 6) is -0.354. The lowest BCUT2D eigenvalue weighted by Crippen LogP contribution is -2.38. The Morgan fingerprint density at radius 1 is 0.839 bits per heavy atom. The zero-order valence-electron chi connectivity index (χ0n) is 17.7. The van der Waals surface area contributed by atoms with Crippen LogP contribution in [0.3, 0.4) is 0 Å². The molecule has 2 amide bonds. The number of hydrogen-bond acceptors (Lipinski definition) is 3. The van der Waals surface area contributed by atoms with E-state index < -0.39 is 0 Å². The summed E-state index contributed by atoms with van der Waals surface area (Å²) in [6.45, 7) is 0.291. The third-order valence-corrected chi connectivity index (χ3v) is 5.09. The number of halogens is 1. The van der Waals surface area contributed by atoms with E-state index in [1.807, 2.05) is 85.7 Å². The van der Waals surface area contributed by atoms with E-state index >= 15 is 0 Å². The molecule has 3 aromatic rings. The van der Waals surface area contributed by atoms with Crippen LogP contribution >= 0.6 is 11.6 Å². The molecule has 0 aliphatic rings. The lowest BCUT2D eigenvalue weighted by molar-refractivity contribution is -0.134. The molecule has 0 unspecified atom stereocenters. The Kier molecular flexibility index (Phi) is 7.68. The summed E-state index contributed by atoms with van der Waals surface area (Å²) >= 11 is 5.98. The van der Waals surface area contributed by atoms with Crippen molar-refractivity contribution in [1.82, 2.24) is 4.90 Å². The maximum atomic E-state index is 13.0. The highest BCUT2D eigenvalue weighted by molar-refractivity contribution is 6.30. The molecule has 3 rings (SSSR count). The molecule has 0 saturated heterocycles. The second-order valence-corrected chi connectivity index (χ2v) is 7.96. The Hall–Kier alpha value is -3.31. The average molecular weight is 436 g/mol. The molecule has 5 nitrogen and oxygen atoms in total. The molecule has 160 valence electrons. The van der Waals surface area contributed by atoms with E-state index in [4.69, 9.17) is 11.6 Å². The van der Waals surface area contributed by atoms with Gasteiger partial charge in [-0.1, -0.05) is 54.1 Å². The largest absolute Gasteiger partial charge is 0.378 e. The van der Waals surface area contributed by atoms with Crippen molar-refractivity contribution in [2.24, 2.45) is 0 Å². The number of carbonyl (C=O) groups excluding carboxylic acids is 2. The van der Waals surface area contributed by atoms with Gasteiger partial charge in [-0.3, -0.25) is 9.59 Å². The van der Waals surface area contributed by atoms with Crippen LogP contribution in [0.1, 0.15) is 11.1 Å². The summed E-state index contributed by atoms with van der Waals surface area (Å²) in [7, 11) is 3.92. The van der Waals surface area contributed by atoms with E-state index in [9.17, 15) is 9.59 Å². The number of nitrogens with zero attached hydrogens (tertiary/aromatic N) is 2. The van der Waals surface area contributed by atoms with Gasteiger partial charge in [-0.2, -0.15) is 0 Å². The molecule has 0 atom stereocenters. The van der Waals surface area contributed by atoms with Crippen LogP contribution in [0, 0.1) is 0 Å². The standard InChI is InChI=1S/C25H26ClN3O2/c1-28(2)23-14-12-22(13-15-23)27-24(30)18-29(17-20-8-10-21(26)11-9-20)25(31)16-19-6-4-3-5-7-19/h3-15H,16-18H2,1-2H3,(H,27,30). The molecule has 0 fully saturated rings. The minimum atomic E-state index is -0.243. The van der Waals surface area contributed by atoms with Gasteiger partial charge in [-0.25, -0.2) is 0 Å². The van der Waals surface area contributed by atoms with Crippen molar-refractivity contribution in [3.8, 4) is 0 Å². The number of rotatable bonds is 8. The predicted molar refractivity (Wildman–Crippen MR) is 126 cm³/mol. The van der Waals surface area contributed by atoms with Crippen LogP contribution in [0.15, 0.2) is 78.9 Å². The summed E-state index contributed by atoms with van der Waals surface area (Å²) in [6.07, 6.45) is 0.235. The van der Waals surface area contributed by atoms with E-state index in [0.29, 0.717) is 17.3 Å². The van der Waals surface area contributed by atoms with E-state index in [1.165, 1.54) is 0 Å². The molecule has 1 N–H and O–H groups in total. The fourth-order valence-corrected chi connectivity index (χ4v) is 3.27. The van der Waals surface area contributed by atoms with Gasteiger partial charge in [-0.05, 0) is 47.5 Å². The normalized spacial score (nSPS) is 10.4. The van der Waals surface area contributed by atoms with Crippen LogP contribution in [0.25, 0.3) is 0 Å². The van der Waals surface area contributed by atoms with Gasteiger partial charge in [0.05, 0.1) is 6.42 Å². The topological polar surface area (TPSA) is 52.7 Å². The van der Waals surface area contributed by atoms with Crippen molar-refractivity contribution >= 4 is 34.8 Å². The quantitative estimate of drug-likeness (QED) is 0.561. The van der Waals surface area contributed by atoms with Crippen molar-refractivity contribution in [2.45, 2.75) is 13.0 Å². The molecular formula is C25H26ClN3O2. The second kappa shape index (κ2) is 10.6. The average Bonchev–Trinajstić information content (AvgIpc) is 2.76. The third kappa shape index (κ3) is 6.86. The van der Waals surface area contributed by atoms with Crippen molar-refractivity contribution in [3.05, 3.63) is 95.0 Å². The number of nitrogens with one attached hydrogen (secondary N) is 1. The lowest BCUT2D eigenvalue weighted by atomic mass is 10.1. The number of amides is 2. The van der Waals surface area contributed by atoms with Crippen molar-refractivity contribution < 1.29 is 9.59 Å². The highest BCUT2D eigenvalue weighted by atomic mass is 35.5. The minimum absolute atomic E-state index is 0.0380. The molecule has 0 bridgehead atoms. The maximum Gasteiger partial charge on any atom is 0.244 e. The molecule has 0 spiro atoms. The maximum absolute atomic E-state index is 13.0. The first-order valence-electron chi connectivity index (χ1n) is 10.0. The van der Waals surface area contributed by atoms with E-state index in [-0.39, 0.29) is 24.8 Å².